The minimum Gasteiger partial charge on any atom is -0.361 e. The van der Waals surface area contributed by atoms with Crippen LogP contribution in [0.3, 0.4) is 0 Å². The molecule has 3 unspecified atom stereocenters. The van der Waals surface area contributed by atoms with E-state index in [1.54, 1.807) is 5.57 Å². The standard InChI is InChI=1S/C76H96BN3S/c1-19-26-55-56-29-24-25-30-59(56)76(17,18)63(55)47-79-66-36-31-51(49(3)4)44-64(66)77-65(67(79)43-50(5)80(53-27-22-21-23-28-53)54-34-32-52(33-35-54)71(6,7)8)48-78(42-37-60-58(20-2)72(9,10)38-39-73(60,11)12)69-57-45-61-62(46-68(57)81-70(69)77)75(15,16)41-40-74(61,13)14/h19-25,27,29-30,32-34,37,42-47,49,53-55H,1-2,26,28,31,35-36,38-41,48H2,3-18H3/b42-37+,50-43+,63-47-. The van der Waals surface area contributed by atoms with Gasteiger partial charge in [0.15, 0.2) is 0 Å². The van der Waals surface area contributed by atoms with Crippen molar-refractivity contribution in [2.75, 3.05) is 11.4 Å². The number of anilines is 1. The van der Waals surface area contributed by atoms with E-state index >= 15 is 0 Å². The van der Waals surface area contributed by atoms with Crippen LogP contribution in [-0.2, 0) is 16.2 Å². The third kappa shape index (κ3) is 9.93. The van der Waals surface area contributed by atoms with Gasteiger partial charge in [-0.2, -0.15) is 0 Å². The number of fused-ring (bicyclic) bond motifs is 8. The van der Waals surface area contributed by atoms with Gasteiger partial charge in [-0.05, 0) is 177 Å². The smallest absolute Gasteiger partial charge is 0.259 e. The Balaban J connectivity index is 1.23. The van der Waals surface area contributed by atoms with Crippen molar-refractivity contribution >= 4 is 38.6 Å². The molecule has 3 aromatic rings. The molecule has 0 bridgehead atoms. The Labute approximate surface area is 495 Å². The number of nitrogens with zero attached hydrogens (tertiary/aromatic N) is 3. The third-order valence-electron chi connectivity index (χ3n) is 21.1. The van der Waals surface area contributed by atoms with Crippen molar-refractivity contribution in [1.82, 2.24) is 9.80 Å². The van der Waals surface area contributed by atoms with Crippen molar-refractivity contribution in [3.05, 3.63) is 213 Å². The highest BCUT2D eigenvalue weighted by atomic mass is 32.1. The lowest BCUT2D eigenvalue weighted by Crippen LogP contribution is -2.50. The summed E-state index contributed by atoms with van der Waals surface area (Å²) in [6.07, 6.45) is 43.8. The molecule has 6 aliphatic carbocycles. The fourth-order valence-electron chi connectivity index (χ4n) is 15.8. The average molecular weight is 1090 g/mol. The van der Waals surface area contributed by atoms with Gasteiger partial charge in [0.1, 0.15) is 0 Å². The second-order valence-corrected chi connectivity index (χ2v) is 31.0. The maximum Gasteiger partial charge on any atom is 0.259 e. The lowest BCUT2D eigenvalue weighted by atomic mass is 9.34. The van der Waals surface area contributed by atoms with Gasteiger partial charge < -0.3 is 14.7 Å². The van der Waals surface area contributed by atoms with Crippen LogP contribution in [0.5, 0.6) is 0 Å². The van der Waals surface area contributed by atoms with Gasteiger partial charge in [-0.3, -0.25) is 0 Å². The van der Waals surface area contributed by atoms with Crippen molar-refractivity contribution in [2.24, 2.45) is 22.2 Å². The lowest BCUT2D eigenvalue weighted by molar-refractivity contribution is 0.243. The molecule has 0 N–H and O–H groups in total. The molecule has 8 aliphatic rings. The minimum absolute atomic E-state index is 0.0102. The fourth-order valence-corrected chi connectivity index (χ4v) is 17.2. The van der Waals surface area contributed by atoms with Gasteiger partial charge in [-0.25, -0.2) is 0 Å². The quantitative estimate of drug-likeness (QED) is 0.140. The highest BCUT2D eigenvalue weighted by molar-refractivity contribution is 7.31. The van der Waals surface area contributed by atoms with Crippen LogP contribution in [0.1, 0.15) is 197 Å². The molecule has 0 fully saturated rings. The molecule has 3 heterocycles. The molecule has 424 valence electrons. The van der Waals surface area contributed by atoms with Crippen LogP contribution in [0.25, 0.3) is 10.1 Å². The molecule has 0 saturated heterocycles. The van der Waals surface area contributed by atoms with Gasteiger partial charge in [0.05, 0.1) is 17.8 Å². The van der Waals surface area contributed by atoms with Crippen molar-refractivity contribution in [3.8, 4) is 0 Å². The van der Waals surface area contributed by atoms with Gasteiger partial charge in [0.2, 0.25) is 0 Å². The van der Waals surface area contributed by atoms with Crippen molar-refractivity contribution < 1.29 is 0 Å². The normalized spacial score (nSPS) is 25.8. The maximum atomic E-state index is 4.50. The summed E-state index contributed by atoms with van der Waals surface area (Å²) in [5.41, 5.74) is 21.9. The topological polar surface area (TPSA) is 9.72 Å². The lowest BCUT2D eigenvalue weighted by Gasteiger charge is -2.45. The van der Waals surface area contributed by atoms with Gasteiger partial charge in [-0.1, -0.05) is 201 Å². The number of hydrogen-bond acceptors (Lipinski definition) is 4. The predicted molar refractivity (Wildman–Crippen MR) is 354 cm³/mol. The van der Waals surface area contributed by atoms with E-state index in [0.717, 1.165) is 51.5 Å². The first-order valence-electron chi connectivity index (χ1n) is 31.2. The summed E-state index contributed by atoms with van der Waals surface area (Å²) in [6.45, 7) is 48.8. The molecule has 0 amide bonds. The molecule has 0 spiro atoms. The van der Waals surface area contributed by atoms with Crippen molar-refractivity contribution in [1.29, 1.82) is 0 Å². The predicted octanol–water partition coefficient (Wildman–Crippen LogP) is 19.8. The summed E-state index contributed by atoms with van der Waals surface area (Å²) in [7, 11) is 0. The Morgan fingerprint density at radius 1 is 0.827 bits per heavy atom. The van der Waals surface area contributed by atoms with E-state index in [0.29, 0.717) is 5.92 Å². The molecule has 81 heavy (non-hydrogen) atoms. The zero-order valence-corrected chi connectivity index (χ0v) is 53.5. The molecular weight excluding hydrogens is 998 g/mol. The number of thiophene rings is 1. The summed E-state index contributed by atoms with van der Waals surface area (Å²) in [5.74, 6) is 0.695. The second-order valence-electron chi connectivity index (χ2n) is 30.0. The fraction of sp³-hybridized carbons (Fsp3) is 0.474. The molecule has 5 heteroatoms. The Morgan fingerprint density at radius 3 is 2.15 bits per heavy atom. The summed E-state index contributed by atoms with van der Waals surface area (Å²) >= 11 is 2.09. The third-order valence-corrected chi connectivity index (χ3v) is 22.3. The van der Waals surface area contributed by atoms with E-state index < -0.39 is 0 Å². The monoisotopic (exact) mass is 1090 g/mol. The Bertz CT molecular complexity index is 3450. The summed E-state index contributed by atoms with van der Waals surface area (Å²) in [5, 5.41) is 1.42. The van der Waals surface area contributed by atoms with Crippen LogP contribution in [0, 0.1) is 22.2 Å². The van der Waals surface area contributed by atoms with Crippen LogP contribution >= 0.6 is 11.3 Å². The van der Waals surface area contributed by atoms with Crippen molar-refractivity contribution in [2.45, 2.75) is 203 Å². The minimum atomic E-state index is -0.183. The Kier molecular flexibility index (Phi) is 14.6. The molecule has 3 atom stereocenters. The van der Waals surface area contributed by atoms with Crippen LogP contribution in [-0.4, -0.2) is 35.1 Å². The molecule has 0 radical (unpaired) electrons. The van der Waals surface area contributed by atoms with E-state index in [1.807, 2.05) is 0 Å². The Hall–Kier alpha value is -5.52. The first-order chi connectivity index (χ1) is 38.2. The first-order valence-corrected chi connectivity index (χ1v) is 32.0. The molecule has 0 saturated carbocycles. The summed E-state index contributed by atoms with van der Waals surface area (Å²) < 4.78 is 2.91. The zero-order valence-electron chi connectivity index (χ0n) is 52.7. The van der Waals surface area contributed by atoms with Crippen LogP contribution in [0.2, 0.25) is 0 Å². The van der Waals surface area contributed by atoms with Crippen LogP contribution < -0.4 is 9.68 Å². The SMILES string of the molecule is C=CCC1/C(=C/N2C(/C=C(\C)N(C3C=CC=CC3)C3C=CC(C(C)(C)C)=CC3)=C3CN(/C=C/C4=C(C=C)C(C)(C)CCC4(C)C)c4c(sc5cc6c(cc45)C(C)(C)CCC6(C)C)B3C3=C2CCC(C(C)C)=C3)C(C)(C)c2ccccc21. The van der Waals surface area contributed by atoms with Gasteiger partial charge in [0.25, 0.3) is 6.71 Å². The van der Waals surface area contributed by atoms with E-state index in [4.69, 9.17) is 0 Å². The maximum absolute atomic E-state index is 4.50. The van der Waals surface area contributed by atoms with E-state index in [-0.39, 0.29) is 57.2 Å². The molecule has 1 aromatic heterocycles. The zero-order chi connectivity index (χ0) is 57.9. The molecule has 11 rings (SSSR count). The van der Waals surface area contributed by atoms with Crippen molar-refractivity contribution in [3.63, 3.8) is 0 Å². The average Bonchev–Trinajstić information content (AvgIpc) is 3.93. The highest BCUT2D eigenvalue weighted by Crippen LogP contribution is 2.56. The van der Waals surface area contributed by atoms with Gasteiger partial charge in [0, 0.05) is 62.2 Å². The molecular formula is C76H96BN3S. The van der Waals surface area contributed by atoms with Gasteiger partial charge >= 0.3 is 0 Å². The van der Waals surface area contributed by atoms with Crippen LogP contribution in [0.4, 0.5) is 5.69 Å². The number of benzene rings is 2. The number of rotatable bonds is 11. The highest BCUT2D eigenvalue weighted by Gasteiger charge is 2.48. The number of hydrogen-bond donors (Lipinski definition) is 0. The van der Waals surface area contributed by atoms with E-state index in [1.165, 1.54) is 106 Å². The molecule has 3 nitrogen and oxygen atoms in total. The molecule has 2 aromatic carbocycles. The van der Waals surface area contributed by atoms with Gasteiger partial charge in [-0.15, -0.1) is 17.9 Å². The first kappa shape index (κ1) is 57.3. The van der Waals surface area contributed by atoms with E-state index in [9.17, 15) is 0 Å². The van der Waals surface area contributed by atoms with Crippen LogP contribution in [0.15, 0.2) is 191 Å². The second kappa shape index (κ2) is 20.7. The Morgan fingerprint density at radius 2 is 1.51 bits per heavy atom. The van der Waals surface area contributed by atoms with E-state index in [2.05, 4.69) is 272 Å². The largest absolute Gasteiger partial charge is 0.361 e. The molecule has 2 aliphatic heterocycles. The number of allylic oxidation sites excluding steroid dienone is 16. The summed E-state index contributed by atoms with van der Waals surface area (Å²) in [4.78, 5) is 8.27. The summed E-state index contributed by atoms with van der Waals surface area (Å²) in [6, 6.07) is 15.1.